The van der Waals surface area contributed by atoms with Gasteiger partial charge in [-0.05, 0) is 24.3 Å². The van der Waals surface area contributed by atoms with Crippen LogP contribution in [0, 0.1) is 0 Å². The minimum Gasteiger partial charge on any atom is -0.507 e. The summed E-state index contributed by atoms with van der Waals surface area (Å²) in [6.07, 6.45) is 2.94. The summed E-state index contributed by atoms with van der Waals surface area (Å²) in [5.41, 5.74) is 2.04. The van der Waals surface area contributed by atoms with Crippen LogP contribution in [-0.2, 0) is 9.59 Å². The third kappa shape index (κ3) is 5.35. The lowest BCUT2D eigenvalue weighted by Crippen LogP contribution is -2.49. The van der Waals surface area contributed by atoms with Crippen LogP contribution in [0.3, 0.4) is 0 Å². The molecule has 0 spiro atoms. The summed E-state index contributed by atoms with van der Waals surface area (Å²) in [5, 5.41) is 20.6. The van der Waals surface area contributed by atoms with Crippen molar-refractivity contribution in [3.63, 3.8) is 0 Å². The number of hydrogen-bond acceptors (Lipinski definition) is 8. The molecule has 0 aromatic heterocycles. The van der Waals surface area contributed by atoms with E-state index in [4.69, 9.17) is 24.4 Å². The minimum atomic E-state index is -0.575. The highest BCUT2D eigenvalue weighted by Crippen LogP contribution is 2.29. The Labute approximate surface area is 263 Å². The molecule has 0 unspecified atom stereocenters. The molecule has 4 aromatic rings. The van der Waals surface area contributed by atoms with Crippen molar-refractivity contribution in [3.05, 3.63) is 143 Å². The van der Waals surface area contributed by atoms with E-state index in [0.29, 0.717) is 22.3 Å². The second kappa shape index (κ2) is 12.0. The highest BCUT2D eigenvalue weighted by atomic mass is 32.1. The number of carbonyl (C=O) groups excluding carboxylic acids is 2. The van der Waals surface area contributed by atoms with Gasteiger partial charge in [0, 0.05) is 22.3 Å². The van der Waals surface area contributed by atoms with Crippen molar-refractivity contribution in [2.24, 2.45) is 9.98 Å². The standard InChI is InChI=1S/C34H22N4O4S2/c39-27-17-9-7-15-23(27)19-25-31(41)37(29(35-25)21-11-3-1-4-12-21)33(43)34(44)38-30(22-13-5-2-6-14-22)36-26(32(38)42)20-24-16-8-10-18-28(24)40/h1-20,39-40H. The van der Waals surface area contributed by atoms with Gasteiger partial charge >= 0.3 is 0 Å². The molecule has 10 heteroatoms. The van der Waals surface area contributed by atoms with Crippen molar-refractivity contribution in [1.82, 2.24) is 9.80 Å². The number of phenolic OH excluding ortho intramolecular Hbond substituents is 2. The van der Waals surface area contributed by atoms with Gasteiger partial charge in [0.05, 0.1) is 0 Å². The van der Waals surface area contributed by atoms with Crippen LogP contribution in [0.2, 0.25) is 0 Å². The summed E-state index contributed by atoms with van der Waals surface area (Å²) in [5.74, 6) is -0.741. The normalized spacial score (nSPS) is 16.5. The lowest BCUT2D eigenvalue weighted by molar-refractivity contribution is -0.121. The molecule has 0 saturated carbocycles. The van der Waals surface area contributed by atoms with E-state index in [2.05, 4.69) is 9.98 Å². The van der Waals surface area contributed by atoms with Crippen LogP contribution in [0.4, 0.5) is 0 Å². The number of carbonyl (C=O) groups is 2. The van der Waals surface area contributed by atoms with E-state index < -0.39 is 11.8 Å². The molecule has 8 nitrogen and oxygen atoms in total. The molecule has 0 fully saturated rings. The molecule has 2 amide bonds. The Morgan fingerprint density at radius 3 is 1.25 bits per heavy atom. The van der Waals surface area contributed by atoms with Gasteiger partial charge < -0.3 is 10.2 Å². The highest BCUT2D eigenvalue weighted by Gasteiger charge is 2.41. The summed E-state index contributed by atoms with van der Waals surface area (Å²) in [6.45, 7) is 0. The topological polar surface area (TPSA) is 106 Å². The smallest absolute Gasteiger partial charge is 0.283 e. The predicted molar refractivity (Wildman–Crippen MR) is 177 cm³/mol. The van der Waals surface area contributed by atoms with Crippen molar-refractivity contribution in [1.29, 1.82) is 0 Å². The van der Waals surface area contributed by atoms with Gasteiger partial charge in [-0.25, -0.2) is 19.8 Å². The third-order valence-electron chi connectivity index (χ3n) is 6.83. The number of benzene rings is 4. The molecular formula is C34H22N4O4S2. The first-order valence-electron chi connectivity index (χ1n) is 13.4. The number of amidine groups is 2. The fraction of sp³-hybridized carbons (Fsp3) is 0. The van der Waals surface area contributed by atoms with E-state index in [1.54, 1.807) is 84.9 Å². The Bertz CT molecular complexity index is 1820. The zero-order chi connectivity index (χ0) is 30.8. The number of aliphatic imine (C=N–C) groups is 2. The van der Waals surface area contributed by atoms with Crippen molar-refractivity contribution in [3.8, 4) is 11.5 Å². The average Bonchev–Trinajstić information content (AvgIpc) is 3.55. The van der Waals surface area contributed by atoms with Gasteiger partial charge in [0.1, 0.15) is 34.6 Å². The van der Waals surface area contributed by atoms with Crippen LogP contribution < -0.4 is 0 Å². The van der Waals surface area contributed by atoms with Crippen LogP contribution in [0.1, 0.15) is 22.3 Å². The fourth-order valence-electron chi connectivity index (χ4n) is 4.68. The first-order chi connectivity index (χ1) is 21.3. The Morgan fingerprint density at radius 2 is 0.886 bits per heavy atom. The first kappa shape index (κ1) is 28.5. The summed E-state index contributed by atoms with van der Waals surface area (Å²) in [6, 6.07) is 31.1. The summed E-state index contributed by atoms with van der Waals surface area (Å²) < 4.78 is 0. The van der Waals surface area contributed by atoms with Crippen LogP contribution in [0.25, 0.3) is 12.2 Å². The lowest BCUT2D eigenvalue weighted by atomic mass is 10.1. The van der Waals surface area contributed by atoms with Crippen molar-refractivity contribution in [2.45, 2.75) is 0 Å². The Morgan fingerprint density at radius 1 is 0.545 bits per heavy atom. The van der Waals surface area contributed by atoms with Gasteiger partial charge in [-0.1, -0.05) is 121 Å². The largest absolute Gasteiger partial charge is 0.507 e. The quantitative estimate of drug-likeness (QED) is 0.225. The number of thiocarbonyl (C=S) groups is 2. The molecule has 0 radical (unpaired) electrons. The maximum absolute atomic E-state index is 13.9. The minimum absolute atomic E-state index is 0.0176. The number of phenols is 2. The second-order valence-corrected chi connectivity index (χ2v) is 10.4. The van der Waals surface area contributed by atoms with E-state index in [-0.39, 0.29) is 44.5 Å². The summed E-state index contributed by atoms with van der Waals surface area (Å²) in [7, 11) is 0. The van der Waals surface area contributed by atoms with Gasteiger partial charge in [-0.2, -0.15) is 0 Å². The molecule has 0 bridgehead atoms. The number of amides is 2. The molecule has 2 heterocycles. The van der Waals surface area contributed by atoms with Gasteiger partial charge in [0.25, 0.3) is 11.8 Å². The van der Waals surface area contributed by atoms with Crippen molar-refractivity contribution in [2.75, 3.05) is 0 Å². The Kier molecular flexibility index (Phi) is 7.76. The van der Waals surface area contributed by atoms with Crippen LogP contribution in [0.5, 0.6) is 11.5 Å². The second-order valence-electron chi connectivity index (χ2n) is 9.67. The molecule has 44 heavy (non-hydrogen) atoms. The van der Waals surface area contributed by atoms with E-state index >= 15 is 0 Å². The number of hydrogen-bond donors (Lipinski definition) is 2. The summed E-state index contributed by atoms with van der Waals surface area (Å²) >= 11 is 11.6. The van der Waals surface area contributed by atoms with E-state index in [0.717, 1.165) is 0 Å². The molecule has 0 aliphatic carbocycles. The van der Waals surface area contributed by atoms with Crippen LogP contribution >= 0.6 is 24.4 Å². The number of aromatic hydroxyl groups is 2. The number of nitrogens with zero attached hydrogens (tertiary/aromatic N) is 4. The molecule has 0 atom stereocenters. The monoisotopic (exact) mass is 614 g/mol. The number of para-hydroxylation sites is 2. The predicted octanol–water partition coefficient (Wildman–Crippen LogP) is 5.71. The molecule has 0 saturated heterocycles. The molecule has 4 aromatic carbocycles. The SMILES string of the molecule is O=C1C(=Cc2ccccc2O)N=C(c2ccccc2)N1C(=S)C(=S)N1C(=O)C(=Cc2ccccc2O)N=C1c1ccccc1. The van der Waals surface area contributed by atoms with Gasteiger partial charge in [0.15, 0.2) is 9.98 Å². The lowest BCUT2D eigenvalue weighted by Gasteiger charge is -2.25. The molecule has 2 N–H and O–H groups in total. The maximum Gasteiger partial charge on any atom is 0.283 e. The Balaban J connectivity index is 1.41. The van der Waals surface area contributed by atoms with Gasteiger partial charge in [-0.15, -0.1) is 0 Å². The van der Waals surface area contributed by atoms with Crippen molar-refractivity contribution < 1.29 is 19.8 Å². The molecule has 2 aliphatic heterocycles. The van der Waals surface area contributed by atoms with Gasteiger partial charge in [0.2, 0.25) is 0 Å². The number of rotatable bonds is 4. The van der Waals surface area contributed by atoms with Crippen LogP contribution in [0.15, 0.2) is 131 Å². The maximum atomic E-state index is 13.9. The molecule has 6 rings (SSSR count). The van der Waals surface area contributed by atoms with E-state index in [9.17, 15) is 19.8 Å². The molecular weight excluding hydrogens is 593 g/mol. The highest BCUT2D eigenvalue weighted by molar-refractivity contribution is 7.89. The first-order valence-corrected chi connectivity index (χ1v) is 14.2. The third-order valence-corrected chi connectivity index (χ3v) is 7.71. The average molecular weight is 615 g/mol. The van der Waals surface area contributed by atoms with Crippen LogP contribution in [-0.4, -0.2) is 53.5 Å². The zero-order valence-electron chi connectivity index (χ0n) is 22.9. The van der Waals surface area contributed by atoms with E-state index in [1.165, 1.54) is 34.1 Å². The fourth-order valence-corrected chi connectivity index (χ4v) is 5.20. The molecule has 2 aliphatic rings. The van der Waals surface area contributed by atoms with Gasteiger partial charge in [-0.3, -0.25) is 9.59 Å². The molecule has 214 valence electrons. The summed E-state index contributed by atoms with van der Waals surface area (Å²) in [4.78, 5) is 39.1. The zero-order valence-corrected chi connectivity index (χ0v) is 24.5. The van der Waals surface area contributed by atoms with E-state index in [1.807, 2.05) is 12.1 Å². The Hall–Kier alpha value is -5.58. The van der Waals surface area contributed by atoms with Crippen molar-refractivity contribution >= 4 is 70.1 Å².